The van der Waals surface area contributed by atoms with Crippen LogP contribution in [0.2, 0.25) is 0 Å². The summed E-state index contributed by atoms with van der Waals surface area (Å²) in [5.74, 6) is -0.830. The summed E-state index contributed by atoms with van der Waals surface area (Å²) in [5.41, 5.74) is 0. The Bertz CT molecular complexity index is 371. The number of likely N-dealkylation sites (tertiary alicyclic amines) is 1. The lowest BCUT2D eigenvalue weighted by Crippen LogP contribution is -2.41. The highest BCUT2D eigenvalue weighted by molar-refractivity contribution is 5.86. The highest BCUT2D eigenvalue weighted by Gasteiger charge is 2.30. The van der Waals surface area contributed by atoms with E-state index in [2.05, 4.69) is 11.9 Å². The first-order chi connectivity index (χ1) is 9.99. The Morgan fingerprint density at radius 3 is 2.81 bits per heavy atom. The van der Waals surface area contributed by atoms with Gasteiger partial charge < -0.3 is 20.4 Å². The molecular formula is C15H26N2O4. The number of rotatable bonds is 8. The normalized spacial score (nSPS) is 20.9. The Morgan fingerprint density at radius 1 is 1.52 bits per heavy atom. The number of carbonyl (C=O) groups excluding carboxylic acids is 2. The van der Waals surface area contributed by atoms with E-state index in [1.165, 1.54) is 0 Å². The molecule has 0 bridgehead atoms. The van der Waals surface area contributed by atoms with Gasteiger partial charge in [0.1, 0.15) is 0 Å². The third-order valence-electron chi connectivity index (χ3n) is 3.72. The first kappa shape index (κ1) is 17.7. The summed E-state index contributed by atoms with van der Waals surface area (Å²) in [6.45, 7) is 5.98. The van der Waals surface area contributed by atoms with Gasteiger partial charge in [0.25, 0.3) is 0 Å². The van der Waals surface area contributed by atoms with Crippen molar-refractivity contribution in [3.05, 3.63) is 12.7 Å². The number of aliphatic hydroxyl groups is 2. The van der Waals surface area contributed by atoms with Crippen molar-refractivity contribution >= 4 is 11.8 Å². The molecular weight excluding hydrogens is 272 g/mol. The number of carbonyl (C=O) groups is 2. The van der Waals surface area contributed by atoms with Gasteiger partial charge in [0.05, 0.1) is 24.7 Å². The zero-order valence-corrected chi connectivity index (χ0v) is 12.6. The summed E-state index contributed by atoms with van der Waals surface area (Å²) in [5, 5.41) is 21.1. The van der Waals surface area contributed by atoms with Gasteiger partial charge in [-0.15, -0.1) is 6.58 Å². The summed E-state index contributed by atoms with van der Waals surface area (Å²) in [6, 6.07) is -0.123. The smallest absolute Gasteiger partial charge is 0.224 e. The van der Waals surface area contributed by atoms with Gasteiger partial charge in [-0.2, -0.15) is 0 Å². The molecule has 3 atom stereocenters. The number of amides is 2. The van der Waals surface area contributed by atoms with Gasteiger partial charge in [-0.1, -0.05) is 6.08 Å². The number of nitrogens with one attached hydrogen (secondary N) is 1. The molecule has 120 valence electrons. The lowest BCUT2D eigenvalue weighted by atomic mass is 9.99. The third-order valence-corrected chi connectivity index (χ3v) is 3.72. The zero-order chi connectivity index (χ0) is 15.8. The lowest BCUT2D eigenvalue weighted by molar-refractivity contribution is -0.137. The molecule has 0 saturated carbocycles. The van der Waals surface area contributed by atoms with Crippen LogP contribution in [-0.2, 0) is 9.59 Å². The van der Waals surface area contributed by atoms with Crippen molar-refractivity contribution in [2.45, 2.75) is 44.8 Å². The summed E-state index contributed by atoms with van der Waals surface area (Å²) in [6.07, 6.45) is 3.21. The van der Waals surface area contributed by atoms with Gasteiger partial charge in [0, 0.05) is 19.5 Å². The zero-order valence-electron chi connectivity index (χ0n) is 12.6. The van der Waals surface area contributed by atoms with E-state index in [4.69, 9.17) is 0 Å². The fourth-order valence-electron chi connectivity index (χ4n) is 2.56. The van der Waals surface area contributed by atoms with Crippen LogP contribution in [0.5, 0.6) is 0 Å². The van der Waals surface area contributed by atoms with Gasteiger partial charge in [-0.25, -0.2) is 0 Å². The van der Waals surface area contributed by atoms with Gasteiger partial charge in [-0.05, 0) is 26.2 Å². The van der Waals surface area contributed by atoms with E-state index in [0.29, 0.717) is 13.0 Å². The molecule has 0 aliphatic carbocycles. The van der Waals surface area contributed by atoms with Crippen LogP contribution >= 0.6 is 0 Å². The molecule has 1 rings (SSSR count). The molecule has 0 unspecified atom stereocenters. The molecule has 1 heterocycles. The van der Waals surface area contributed by atoms with E-state index in [-0.39, 0.29) is 37.4 Å². The Labute approximate surface area is 125 Å². The maximum absolute atomic E-state index is 12.3. The van der Waals surface area contributed by atoms with Crippen molar-refractivity contribution in [2.24, 2.45) is 5.92 Å². The van der Waals surface area contributed by atoms with Crippen LogP contribution in [0.3, 0.4) is 0 Å². The molecule has 1 saturated heterocycles. The fraction of sp³-hybridized carbons (Fsp3) is 0.733. The monoisotopic (exact) mass is 298 g/mol. The first-order valence-corrected chi connectivity index (χ1v) is 7.46. The summed E-state index contributed by atoms with van der Waals surface area (Å²) in [7, 11) is 0. The maximum Gasteiger partial charge on any atom is 0.224 e. The van der Waals surface area contributed by atoms with Crippen molar-refractivity contribution < 1.29 is 19.8 Å². The average Bonchev–Trinajstić information content (AvgIpc) is 2.92. The number of aliphatic hydroxyl groups excluding tert-OH is 2. The minimum atomic E-state index is -0.619. The molecule has 0 aromatic rings. The van der Waals surface area contributed by atoms with E-state index in [9.17, 15) is 19.8 Å². The number of nitrogens with zero attached hydrogens (tertiary/aromatic N) is 1. The molecule has 0 aromatic carbocycles. The Balaban J connectivity index is 2.58. The largest absolute Gasteiger partial charge is 0.394 e. The molecule has 1 aliphatic heterocycles. The lowest BCUT2D eigenvalue weighted by Gasteiger charge is -2.25. The van der Waals surface area contributed by atoms with Crippen LogP contribution in [0.1, 0.15) is 32.6 Å². The molecule has 0 radical (unpaired) electrons. The fourth-order valence-corrected chi connectivity index (χ4v) is 2.56. The van der Waals surface area contributed by atoms with Gasteiger partial charge in [0.2, 0.25) is 11.8 Å². The SMILES string of the molecule is C=CC[C@@H](CC(=O)N1CCC[C@H]1CO)C(=O)NC[C@H](C)O. The third kappa shape index (κ3) is 5.47. The first-order valence-electron chi connectivity index (χ1n) is 7.46. The molecule has 1 aliphatic rings. The van der Waals surface area contributed by atoms with Crippen LogP contribution in [0.4, 0.5) is 0 Å². The Morgan fingerprint density at radius 2 is 2.24 bits per heavy atom. The van der Waals surface area contributed by atoms with Crippen molar-refractivity contribution in [2.75, 3.05) is 19.7 Å². The molecule has 6 heteroatoms. The van der Waals surface area contributed by atoms with Crippen LogP contribution in [0.15, 0.2) is 12.7 Å². The van der Waals surface area contributed by atoms with Crippen LogP contribution in [0, 0.1) is 5.92 Å². The molecule has 3 N–H and O–H groups in total. The standard InChI is InChI=1S/C15H26N2O4/c1-3-5-12(15(21)16-9-11(2)19)8-14(20)17-7-4-6-13(17)10-18/h3,11-13,18-19H,1,4-10H2,2H3,(H,16,21)/t11-,12-,13-/m0/s1. The summed E-state index contributed by atoms with van der Waals surface area (Å²) >= 11 is 0. The van der Waals surface area contributed by atoms with Gasteiger partial charge >= 0.3 is 0 Å². The number of hydrogen-bond acceptors (Lipinski definition) is 4. The molecule has 2 amide bonds. The summed E-state index contributed by atoms with van der Waals surface area (Å²) < 4.78 is 0. The van der Waals surface area contributed by atoms with Crippen LogP contribution < -0.4 is 5.32 Å². The van der Waals surface area contributed by atoms with Crippen molar-refractivity contribution in [1.82, 2.24) is 10.2 Å². The molecule has 6 nitrogen and oxygen atoms in total. The van der Waals surface area contributed by atoms with E-state index < -0.39 is 12.0 Å². The highest BCUT2D eigenvalue weighted by atomic mass is 16.3. The van der Waals surface area contributed by atoms with Gasteiger partial charge in [0.15, 0.2) is 0 Å². The molecule has 1 fully saturated rings. The maximum atomic E-state index is 12.3. The Hall–Kier alpha value is -1.40. The van der Waals surface area contributed by atoms with Gasteiger partial charge in [-0.3, -0.25) is 9.59 Å². The Kier molecular flexibility index (Phi) is 7.39. The van der Waals surface area contributed by atoms with Crippen LogP contribution in [0.25, 0.3) is 0 Å². The number of hydrogen-bond donors (Lipinski definition) is 3. The second kappa shape index (κ2) is 8.79. The topological polar surface area (TPSA) is 89.9 Å². The predicted octanol–water partition coefficient (Wildman–Crippen LogP) is 0.0491. The highest BCUT2D eigenvalue weighted by Crippen LogP contribution is 2.20. The molecule has 0 spiro atoms. The predicted molar refractivity (Wildman–Crippen MR) is 79.4 cm³/mol. The molecule has 21 heavy (non-hydrogen) atoms. The quantitative estimate of drug-likeness (QED) is 0.552. The van der Waals surface area contributed by atoms with Crippen molar-refractivity contribution in [1.29, 1.82) is 0 Å². The minimum absolute atomic E-state index is 0.0356. The van der Waals surface area contributed by atoms with E-state index in [1.807, 2.05) is 0 Å². The van der Waals surface area contributed by atoms with Crippen LogP contribution in [-0.4, -0.2) is 58.8 Å². The van der Waals surface area contributed by atoms with Crippen molar-refractivity contribution in [3.8, 4) is 0 Å². The second-order valence-electron chi connectivity index (χ2n) is 5.59. The van der Waals surface area contributed by atoms with E-state index >= 15 is 0 Å². The van der Waals surface area contributed by atoms with E-state index in [0.717, 1.165) is 12.8 Å². The molecule has 0 aromatic heterocycles. The average molecular weight is 298 g/mol. The van der Waals surface area contributed by atoms with E-state index in [1.54, 1.807) is 17.9 Å². The number of allylic oxidation sites excluding steroid dienone is 1. The minimum Gasteiger partial charge on any atom is -0.394 e. The second-order valence-corrected chi connectivity index (χ2v) is 5.59. The summed E-state index contributed by atoms with van der Waals surface area (Å²) in [4.78, 5) is 26.0. The van der Waals surface area contributed by atoms with Crippen molar-refractivity contribution in [3.63, 3.8) is 0 Å².